The summed E-state index contributed by atoms with van der Waals surface area (Å²) in [5.74, 6) is -1.57. The Labute approximate surface area is 59.0 Å². The van der Waals surface area contributed by atoms with Crippen LogP contribution < -0.4 is 5.73 Å². The maximum atomic E-state index is 9.86. The van der Waals surface area contributed by atoms with Crippen molar-refractivity contribution in [2.45, 2.75) is 12.8 Å². The highest BCUT2D eigenvalue weighted by molar-refractivity contribution is 5.79. The second-order valence-corrected chi connectivity index (χ2v) is 1.36. The Kier molecular flexibility index (Phi) is 8.49. The molecule has 0 aromatic heterocycles. The van der Waals surface area contributed by atoms with E-state index in [1.807, 2.05) is 0 Å². The minimum Gasteiger partial charge on any atom is -0.481 e. The molecule has 3 N–H and O–H groups in total. The summed E-state index contributed by atoms with van der Waals surface area (Å²) < 4.78 is 0. The van der Waals surface area contributed by atoms with E-state index in [2.05, 4.69) is 18.6 Å². The lowest BCUT2D eigenvalue weighted by atomic mass is 10.3. The molecule has 0 bridgehead atoms. The van der Waals surface area contributed by atoms with Crippen LogP contribution in [0.5, 0.6) is 0 Å². The van der Waals surface area contributed by atoms with Gasteiger partial charge < -0.3 is 10.8 Å². The van der Waals surface area contributed by atoms with Gasteiger partial charge in [0.15, 0.2) is 0 Å². The highest BCUT2D eigenvalue weighted by atomic mass is 16.4. The van der Waals surface area contributed by atoms with E-state index >= 15 is 0 Å². The van der Waals surface area contributed by atoms with E-state index in [0.717, 1.165) is 0 Å². The van der Waals surface area contributed by atoms with Crippen molar-refractivity contribution in [1.82, 2.24) is 0 Å². The standard InChI is InChI=1S/C4H7NO3.C2H2/c5-3(6)1-2-4(7)8;1-2/h1-2H2,(H2,5,6)(H,7,8);1-2H. The number of carboxylic acid groups (broad SMARTS) is 1. The smallest absolute Gasteiger partial charge is 0.303 e. The third-order valence-corrected chi connectivity index (χ3v) is 0.585. The lowest BCUT2D eigenvalue weighted by molar-refractivity contribution is -0.138. The monoisotopic (exact) mass is 143 g/mol. The summed E-state index contributed by atoms with van der Waals surface area (Å²) in [6.45, 7) is 0. The van der Waals surface area contributed by atoms with Crippen LogP contribution in [0.25, 0.3) is 0 Å². The molecule has 0 aliphatic rings. The number of rotatable bonds is 3. The molecule has 10 heavy (non-hydrogen) atoms. The van der Waals surface area contributed by atoms with Gasteiger partial charge in [-0.2, -0.15) is 0 Å². The van der Waals surface area contributed by atoms with Gasteiger partial charge in [-0.3, -0.25) is 9.59 Å². The molecule has 0 aliphatic heterocycles. The first-order valence-electron chi connectivity index (χ1n) is 2.46. The molecule has 0 aromatic rings. The van der Waals surface area contributed by atoms with E-state index in [1.165, 1.54) is 0 Å². The van der Waals surface area contributed by atoms with Crippen LogP contribution in [0.3, 0.4) is 0 Å². The fourth-order valence-corrected chi connectivity index (χ4v) is 0.230. The van der Waals surface area contributed by atoms with Crippen molar-refractivity contribution in [1.29, 1.82) is 0 Å². The number of hydrogen-bond acceptors (Lipinski definition) is 2. The number of aliphatic carboxylic acids is 1. The number of amides is 1. The molecule has 0 saturated heterocycles. The average molecular weight is 143 g/mol. The van der Waals surface area contributed by atoms with Crippen LogP contribution in [0.15, 0.2) is 0 Å². The Balaban J connectivity index is 0. The van der Waals surface area contributed by atoms with E-state index in [1.54, 1.807) is 0 Å². The van der Waals surface area contributed by atoms with Crippen LogP contribution in [0.1, 0.15) is 12.8 Å². The zero-order chi connectivity index (χ0) is 8.57. The van der Waals surface area contributed by atoms with Gasteiger partial charge in [-0.05, 0) is 0 Å². The average Bonchev–Trinajstić information content (AvgIpc) is 1.89. The summed E-state index contributed by atoms with van der Waals surface area (Å²) in [6, 6.07) is 0. The Morgan fingerprint density at radius 3 is 1.80 bits per heavy atom. The lowest BCUT2D eigenvalue weighted by Crippen LogP contribution is -2.12. The Morgan fingerprint density at radius 2 is 1.70 bits per heavy atom. The zero-order valence-electron chi connectivity index (χ0n) is 5.41. The van der Waals surface area contributed by atoms with Gasteiger partial charge in [0.25, 0.3) is 0 Å². The summed E-state index contributed by atoms with van der Waals surface area (Å²) in [6.07, 6.45) is 7.75. The maximum absolute atomic E-state index is 9.86. The highest BCUT2D eigenvalue weighted by Crippen LogP contribution is 1.84. The third kappa shape index (κ3) is 16.1. The number of carboxylic acids is 1. The molecule has 0 rings (SSSR count). The first kappa shape index (κ1) is 11.3. The van der Waals surface area contributed by atoms with Crippen LogP contribution in [0, 0.1) is 12.8 Å². The SMILES string of the molecule is C#C.NC(=O)CCC(=O)O. The fourth-order valence-electron chi connectivity index (χ4n) is 0.230. The third-order valence-electron chi connectivity index (χ3n) is 0.585. The summed E-state index contributed by atoms with van der Waals surface area (Å²) in [5.41, 5.74) is 4.64. The van der Waals surface area contributed by atoms with Crippen molar-refractivity contribution in [2.75, 3.05) is 0 Å². The predicted molar refractivity (Wildman–Crippen MR) is 36.0 cm³/mol. The maximum Gasteiger partial charge on any atom is 0.303 e. The van der Waals surface area contributed by atoms with Gasteiger partial charge in [0.2, 0.25) is 5.91 Å². The molecule has 56 valence electrons. The summed E-state index contributed by atoms with van der Waals surface area (Å²) >= 11 is 0. The Bertz CT molecular complexity index is 125. The zero-order valence-corrected chi connectivity index (χ0v) is 5.41. The topological polar surface area (TPSA) is 80.4 Å². The summed E-state index contributed by atoms with van der Waals surface area (Å²) in [4.78, 5) is 19.6. The van der Waals surface area contributed by atoms with Gasteiger partial charge in [-0.25, -0.2) is 0 Å². The largest absolute Gasteiger partial charge is 0.481 e. The molecular formula is C6H9NO3. The predicted octanol–water partition coefficient (Wildman–Crippen LogP) is -0.414. The molecule has 0 heterocycles. The van der Waals surface area contributed by atoms with Gasteiger partial charge in [0.1, 0.15) is 0 Å². The highest BCUT2D eigenvalue weighted by Gasteiger charge is 1.98. The Morgan fingerprint density at radius 1 is 1.30 bits per heavy atom. The normalized spacial score (nSPS) is 7.00. The van der Waals surface area contributed by atoms with Crippen LogP contribution in [0.4, 0.5) is 0 Å². The van der Waals surface area contributed by atoms with Gasteiger partial charge in [0.05, 0.1) is 6.42 Å². The number of primary amides is 1. The van der Waals surface area contributed by atoms with Gasteiger partial charge >= 0.3 is 5.97 Å². The van der Waals surface area contributed by atoms with Crippen LogP contribution in [0.2, 0.25) is 0 Å². The van der Waals surface area contributed by atoms with Crippen molar-refractivity contribution >= 4 is 11.9 Å². The molecule has 1 amide bonds. The fraction of sp³-hybridized carbons (Fsp3) is 0.333. The molecule has 0 atom stereocenters. The first-order valence-corrected chi connectivity index (χ1v) is 2.46. The molecule has 0 fully saturated rings. The quantitative estimate of drug-likeness (QED) is 0.527. The molecule has 4 nitrogen and oxygen atoms in total. The Hall–Kier alpha value is -1.50. The number of nitrogens with two attached hydrogens (primary N) is 1. The minimum atomic E-state index is -0.996. The van der Waals surface area contributed by atoms with Crippen LogP contribution >= 0.6 is 0 Å². The molecule has 0 aliphatic carbocycles. The van der Waals surface area contributed by atoms with E-state index in [-0.39, 0.29) is 12.8 Å². The van der Waals surface area contributed by atoms with Crippen molar-refractivity contribution < 1.29 is 14.7 Å². The second kappa shape index (κ2) is 7.50. The molecule has 0 radical (unpaired) electrons. The van der Waals surface area contributed by atoms with Crippen molar-refractivity contribution in [3.05, 3.63) is 0 Å². The van der Waals surface area contributed by atoms with Gasteiger partial charge in [0, 0.05) is 6.42 Å². The lowest BCUT2D eigenvalue weighted by Gasteiger charge is -1.86. The molecule has 0 aromatic carbocycles. The van der Waals surface area contributed by atoms with Crippen molar-refractivity contribution in [3.8, 4) is 12.8 Å². The van der Waals surface area contributed by atoms with E-state index in [0.29, 0.717) is 0 Å². The second-order valence-electron chi connectivity index (χ2n) is 1.36. The van der Waals surface area contributed by atoms with E-state index in [9.17, 15) is 9.59 Å². The molecule has 0 saturated carbocycles. The summed E-state index contributed by atoms with van der Waals surface area (Å²) in [5, 5.41) is 7.95. The van der Waals surface area contributed by atoms with Crippen molar-refractivity contribution in [3.63, 3.8) is 0 Å². The molecule has 0 unspecified atom stereocenters. The van der Waals surface area contributed by atoms with Crippen LogP contribution in [-0.4, -0.2) is 17.0 Å². The number of carbonyl (C=O) groups is 2. The molecular weight excluding hydrogens is 134 g/mol. The molecule has 4 heteroatoms. The minimum absolute atomic E-state index is 0.0741. The summed E-state index contributed by atoms with van der Waals surface area (Å²) in [7, 11) is 0. The van der Waals surface area contributed by atoms with Crippen LogP contribution in [-0.2, 0) is 9.59 Å². The number of carbonyl (C=O) groups excluding carboxylic acids is 1. The van der Waals surface area contributed by atoms with E-state index < -0.39 is 11.9 Å². The van der Waals surface area contributed by atoms with E-state index in [4.69, 9.17) is 5.11 Å². The number of terminal acetylenes is 1. The first-order chi connectivity index (χ1) is 4.63. The van der Waals surface area contributed by atoms with Gasteiger partial charge in [-0.15, -0.1) is 12.8 Å². The van der Waals surface area contributed by atoms with Gasteiger partial charge in [-0.1, -0.05) is 0 Å². The van der Waals surface area contributed by atoms with Crippen molar-refractivity contribution in [2.24, 2.45) is 5.73 Å². The molecule has 0 spiro atoms. The number of hydrogen-bond donors (Lipinski definition) is 2.